The first-order chi connectivity index (χ1) is 13.3. The van der Waals surface area contributed by atoms with E-state index in [9.17, 15) is 0 Å². The number of fused-ring (bicyclic) bond motifs is 1. The Morgan fingerprint density at radius 1 is 0.963 bits per heavy atom. The van der Waals surface area contributed by atoms with Crippen LogP contribution in [0, 0.1) is 0 Å². The van der Waals surface area contributed by atoms with Crippen molar-refractivity contribution in [2.24, 2.45) is 0 Å². The number of halogens is 1. The Kier molecular flexibility index (Phi) is 6.14. The number of ether oxygens (including phenoxy) is 3. The second kappa shape index (κ2) is 8.93. The molecule has 0 aliphatic carbocycles. The Balaban J connectivity index is 1.42. The molecule has 2 heterocycles. The monoisotopic (exact) mass is 388 g/mol. The van der Waals surface area contributed by atoms with Crippen LogP contribution in [0.4, 0.5) is 0 Å². The molecule has 1 atom stereocenters. The normalized spacial score (nSPS) is 18.3. The van der Waals surface area contributed by atoms with E-state index in [-0.39, 0.29) is 6.04 Å². The van der Waals surface area contributed by atoms with Gasteiger partial charge in [-0.2, -0.15) is 0 Å². The summed E-state index contributed by atoms with van der Waals surface area (Å²) in [7, 11) is 0. The van der Waals surface area contributed by atoms with Crippen molar-refractivity contribution in [1.82, 2.24) is 10.2 Å². The Morgan fingerprint density at radius 3 is 2.59 bits per heavy atom. The van der Waals surface area contributed by atoms with Crippen molar-refractivity contribution < 1.29 is 14.2 Å². The van der Waals surface area contributed by atoms with Gasteiger partial charge >= 0.3 is 0 Å². The Bertz CT molecular complexity index is 765. The number of nitrogens with zero attached hydrogens (tertiary/aromatic N) is 1. The van der Waals surface area contributed by atoms with Crippen LogP contribution in [0.3, 0.4) is 0 Å². The summed E-state index contributed by atoms with van der Waals surface area (Å²) in [5, 5.41) is 4.38. The van der Waals surface area contributed by atoms with Gasteiger partial charge < -0.3 is 19.5 Å². The molecule has 2 aliphatic rings. The lowest BCUT2D eigenvalue weighted by atomic mass is 10.0. The number of hydrogen-bond acceptors (Lipinski definition) is 5. The number of benzene rings is 2. The number of hydrogen-bond donors (Lipinski definition) is 1. The van der Waals surface area contributed by atoms with Crippen molar-refractivity contribution in [3.63, 3.8) is 0 Å². The van der Waals surface area contributed by atoms with E-state index < -0.39 is 0 Å². The molecular formula is C21H25ClN2O3. The van der Waals surface area contributed by atoms with Crippen molar-refractivity contribution in [2.45, 2.75) is 12.6 Å². The number of rotatable bonds is 6. The molecule has 0 aromatic heterocycles. The molecular weight excluding hydrogens is 364 g/mol. The first kappa shape index (κ1) is 18.6. The third kappa shape index (κ3) is 4.74. The van der Waals surface area contributed by atoms with Crippen LogP contribution < -0.4 is 14.8 Å². The first-order valence-corrected chi connectivity index (χ1v) is 9.84. The minimum atomic E-state index is 0.268. The summed E-state index contributed by atoms with van der Waals surface area (Å²) in [6, 6.07) is 14.6. The fourth-order valence-electron chi connectivity index (χ4n) is 3.61. The fourth-order valence-corrected chi connectivity index (χ4v) is 3.81. The maximum atomic E-state index is 6.24. The van der Waals surface area contributed by atoms with E-state index in [1.165, 1.54) is 11.1 Å². The Morgan fingerprint density at radius 2 is 1.78 bits per heavy atom. The molecule has 2 aromatic carbocycles. The molecule has 0 radical (unpaired) electrons. The zero-order valence-corrected chi connectivity index (χ0v) is 16.1. The van der Waals surface area contributed by atoms with Crippen molar-refractivity contribution >= 4 is 11.6 Å². The maximum Gasteiger partial charge on any atom is 0.161 e. The van der Waals surface area contributed by atoms with E-state index >= 15 is 0 Å². The van der Waals surface area contributed by atoms with E-state index in [1.54, 1.807) is 0 Å². The van der Waals surface area contributed by atoms with Crippen LogP contribution >= 0.6 is 11.6 Å². The van der Waals surface area contributed by atoms with Crippen LogP contribution in [-0.2, 0) is 11.3 Å². The summed E-state index contributed by atoms with van der Waals surface area (Å²) >= 11 is 6.24. The lowest BCUT2D eigenvalue weighted by Gasteiger charge is -2.35. The summed E-state index contributed by atoms with van der Waals surface area (Å²) in [5.41, 5.74) is 2.42. The molecule has 2 aromatic rings. The molecule has 0 amide bonds. The Labute approximate surface area is 165 Å². The molecule has 1 N–H and O–H groups in total. The van der Waals surface area contributed by atoms with E-state index in [4.69, 9.17) is 25.8 Å². The zero-order valence-electron chi connectivity index (χ0n) is 15.3. The molecule has 1 unspecified atom stereocenters. The number of morpholine rings is 1. The van der Waals surface area contributed by atoms with E-state index in [0.717, 1.165) is 55.9 Å². The van der Waals surface area contributed by atoms with Gasteiger partial charge in [-0.05, 0) is 35.4 Å². The molecule has 5 nitrogen and oxygen atoms in total. The number of nitrogens with one attached hydrogen (secondary N) is 1. The van der Waals surface area contributed by atoms with Gasteiger partial charge in [0, 0.05) is 37.2 Å². The summed E-state index contributed by atoms with van der Waals surface area (Å²) in [5.74, 6) is 1.66. The van der Waals surface area contributed by atoms with Crippen LogP contribution in [-0.4, -0.2) is 51.0 Å². The second-order valence-corrected chi connectivity index (χ2v) is 7.26. The summed E-state index contributed by atoms with van der Waals surface area (Å²) in [4.78, 5) is 2.46. The van der Waals surface area contributed by atoms with E-state index in [0.29, 0.717) is 13.2 Å². The SMILES string of the molecule is Clc1cccc(C(CNCc2ccc3c(c2)OCCO3)N2CCOCC2)c1. The van der Waals surface area contributed by atoms with Gasteiger partial charge in [0.2, 0.25) is 0 Å². The van der Waals surface area contributed by atoms with Gasteiger partial charge in [0.25, 0.3) is 0 Å². The van der Waals surface area contributed by atoms with Crippen LogP contribution in [0.25, 0.3) is 0 Å². The summed E-state index contributed by atoms with van der Waals surface area (Å²) in [6.45, 7) is 6.26. The molecule has 1 saturated heterocycles. The topological polar surface area (TPSA) is 43.0 Å². The van der Waals surface area contributed by atoms with Crippen LogP contribution in [0.1, 0.15) is 17.2 Å². The minimum Gasteiger partial charge on any atom is -0.486 e. The highest BCUT2D eigenvalue weighted by atomic mass is 35.5. The summed E-state index contributed by atoms with van der Waals surface area (Å²) < 4.78 is 16.8. The summed E-state index contributed by atoms with van der Waals surface area (Å²) in [6.07, 6.45) is 0. The smallest absolute Gasteiger partial charge is 0.161 e. The van der Waals surface area contributed by atoms with Gasteiger partial charge in [0.05, 0.1) is 13.2 Å². The molecule has 0 spiro atoms. The highest BCUT2D eigenvalue weighted by Gasteiger charge is 2.22. The second-order valence-electron chi connectivity index (χ2n) is 6.83. The van der Waals surface area contributed by atoms with E-state index in [1.807, 2.05) is 18.2 Å². The zero-order chi connectivity index (χ0) is 18.5. The largest absolute Gasteiger partial charge is 0.486 e. The van der Waals surface area contributed by atoms with Gasteiger partial charge in [-0.25, -0.2) is 0 Å². The maximum absolute atomic E-state index is 6.24. The average Bonchev–Trinajstić information content (AvgIpc) is 2.72. The standard InChI is InChI=1S/C21H25ClN2O3/c22-18-3-1-2-17(13-18)19(24-6-8-25-9-7-24)15-23-14-16-4-5-20-21(12-16)27-11-10-26-20/h1-5,12-13,19,23H,6-11,14-15H2. The van der Waals surface area contributed by atoms with E-state index in [2.05, 4.69) is 34.5 Å². The van der Waals surface area contributed by atoms with Crippen LogP contribution in [0.2, 0.25) is 5.02 Å². The predicted molar refractivity (Wildman–Crippen MR) is 106 cm³/mol. The van der Waals surface area contributed by atoms with Gasteiger partial charge in [-0.15, -0.1) is 0 Å². The predicted octanol–water partition coefficient (Wildman–Crippen LogP) is 3.27. The third-order valence-electron chi connectivity index (χ3n) is 4.99. The molecule has 27 heavy (non-hydrogen) atoms. The van der Waals surface area contributed by atoms with Crippen molar-refractivity contribution in [1.29, 1.82) is 0 Å². The molecule has 1 fully saturated rings. The molecule has 0 saturated carbocycles. The minimum absolute atomic E-state index is 0.268. The highest BCUT2D eigenvalue weighted by Crippen LogP contribution is 2.31. The molecule has 0 bridgehead atoms. The highest BCUT2D eigenvalue weighted by molar-refractivity contribution is 6.30. The average molecular weight is 389 g/mol. The molecule has 2 aliphatic heterocycles. The van der Waals surface area contributed by atoms with Crippen molar-refractivity contribution in [3.8, 4) is 11.5 Å². The van der Waals surface area contributed by atoms with Crippen molar-refractivity contribution in [2.75, 3.05) is 46.1 Å². The molecule has 4 rings (SSSR count). The first-order valence-electron chi connectivity index (χ1n) is 9.46. The van der Waals surface area contributed by atoms with Gasteiger partial charge in [-0.1, -0.05) is 29.8 Å². The Hall–Kier alpha value is -1.79. The fraction of sp³-hybridized carbons (Fsp3) is 0.429. The molecule has 144 valence electrons. The lowest BCUT2D eigenvalue weighted by Crippen LogP contribution is -2.42. The van der Waals surface area contributed by atoms with Gasteiger partial charge in [0.15, 0.2) is 11.5 Å². The van der Waals surface area contributed by atoms with Crippen LogP contribution in [0.5, 0.6) is 11.5 Å². The van der Waals surface area contributed by atoms with Crippen LogP contribution in [0.15, 0.2) is 42.5 Å². The quantitative estimate of drug-likeness (QED) is 0.822. The molecule has 6 heteroatoms. The van der Waals surface area contributed by atoms with Gasteiger partial charge in [-0.3, -0.25) is 4.90 Å². The van der Waals surface area contributed by atoms with Gasteiger partial charge in [0.1, 0.15) is 13.2 Å². The third-order valence-corrected chi connectivity index (χ3v) is 5.23. The lowest BCUT2D eigenvalue weighted by molar-refractivity contribution is 0.0161. The van der Waals surface area contributed by atoms with Crippen molar-refractivity contribution in [3.05, 3.63) is 58.6 Å².